The molecule has 1 atom stereocenters. The van der Waals surface area contributed by atoms with Crippen molar-refractivity contribution in [2.45, 2.75) is 19.1 Å². The number of aromatic nitrogens is 4. The summed E-state index contributed by atoms with van der Waals surface area (Å²) in [4.78, 5) is 29.0. The third kappa shape index (κ3) is 4.04. The van der Waals surface area contributed by atoms with E-state index in [-0.39, 0.29) is 23.3 Å². The maximum atomic E-state index is 11.9. The quantitative estimate of drug-likeness (QED) is 0.664. The van der Waals surface area contributed by atoms with E-state index < -0.39 is 6.10 Å². The molecule has 0 aliphatic carbocycles. The standard InChI is InChI=1S/C14H17ClN6O2/c15-13-3-11(18-8-20-13)14(23)16-4-9(22)5-21-2-1-10-12(6-21)19-7-17-10/h3,7-9,22H,1-2,4-6H2,(H,16,23)(H,17,19)/t9-/m0/s1. The Balaban J connectivity index is 1.47. The largest absolute Gasteiger partial charge is 0.390 e. The summed E-state index contributed by atoms with van der Waals surface area (Å²) in [5, 5.41) is 13.0. The predicted octanol–water partition coefficient (Wildman–Crippen LogP) is 0.00210. The van der Waals surface area contributed by atoms with Gasteiger partial charge in [-0.1, -0.05) is 11.6 Å². The second-order valence-corrected chi connectivity index (χ2v) is 5.79. The van der Waals surface area contributed by atoms with Crippen LogP contribution >= 0.6 is 11.6 Å². The first-order valence-corrected chi connectivity index (χ1v) is 7.67. The van der Waals surface area contributed by atoms with E-state index in [1.807, 2.05) is 0 Å². The van der Waals surface area contributed by atoms with Gasteiger partial charge in [-0.15, -0.1) is 0 Å². The maximum absolute atomic E-state index is 11.9. The minimum Gasteiger partial charge on any atom is -0.390 e. The summed E-state index contributed by atoms with van der Waals surface area (Å²) in [6.07, 6.45) is 3.11. The molecule has 0 spiro atoms. The Morgan fingerprint density at radius 1 is 1.48 bits per heavy atom. The summed E-state index contributed by atoms with van der Waals surface area (Å²) in [5.74, 6) is -0.386. The molecule has 3 heterocycles. The van der Waals surface area contributed by atoms with Gasteiger partial charge in [0.25, 0.3) is 5.91 Å². The molecule has 1 aliphatic rings. The van der Waals surface area contributed by atoms with E-state index in [2.05, 4.69) is 30.2 Å². The fraction of sp³-hybridized carbons (Fsp3) is 0.429. The highest BCUT2D eigenvalue weighted by molar-refractivity contribution is 6.29. The third-order valence-electron chi connectivity index (χ3n) is 3.69. The van der Waals surface area contributed by atoms with Gasteiger partial charge in [0.1, 0.15) is 17.2 Å². The molecule has 3 rings (SSSR count). The molecule has 2 aromatic rings. The number of rotatable bonds is 5. The van der Waals surface area contributed by atoms with Crippen molar-refractivity contribution >= 4 is 17.5 Å². The number of imidazole rings is 1. The highest BCUT2D eigenvalue weighted by Crippen LogP contribution is 2.14. The van der Waals surface area contributed by atoms with Crippen LogP contribution in [0.15, 0.2) is 18.7 Å². The molecule has 3 N–H and O–H groups in total. The highest BCUT2D eigenvalue weighted by Gasteiger charge is 2.20. The molecule has 9 heteroatoms. The number of aliphatic hydroxyl groups excluding tert-OH is 1. The lowest BCUT2D eigenvalue weighted by Gasteiger charge is -2.28. The Hall–Kier alpha value is -2.03. The van der Waals surface area contributed by atoms with Crippen molar-refractivity contribution in [1.82, 2.24) is 30.2 Å². The summed E-state index contributed by atoms with van der Waals surface area (Å²) in [5.41, 5.74) is 2.35. The van der Waals surface area contributed by atoms with Gasteiger partial charge >= 0.3 is 0 Å². The highest BCUT2D eigenvalue weighted by atomic mass is 35.5. The molecule has 0 radical (unpaired) electrons. The zero-order valence-corrected chi connectivity index (χ0v) is 13.1. The summed E-state index contributed by atoms with van der Waals surface area (Å²) >= 11 is 5.72. The molecule has 0 fully saturated rings. The normalized spacial score (nSPS) is 15.9. The number of β-amino-alcohol motifs (C(OH)–C–C–N with tert-alkyl or cyclic N) is 1. The van der Waals surface area contributed by atoms with Crippen molar-refractivity contribution in [2.24, 2.45) is 0 Å². The van der Waals surface area contributed by atoms with Crippen LogP contribution in [0.2, 0.25) is 5.15 Å². The molecule has 1 aliphatic heterocycles. The molecule has 8 nitrogen and oxygen atoms in total. The fourth-order valence-corrected chi connectivity index (χ4v) is 2.69. The van der Waals surface area contributed by atoms with Crippen LogP contribution in [0.1, 0.15) is 21.9 Å². The van der Waals surface area contributed by atoms with Crippen LogP contribution in [0.5, 0.6) is 0 Å². The van der Waals surface area contributed by atoms with Crippen LogP contribution in [0.4, 0.5) is 0 Å². The van der Waals surface area contributed by atoms with Gasteiger partial charge in [0, 0.05) is 38.7 Å². The second-order valence-electron chi connectivity index (χ2n) is 5.40. The molecule has 1 amide bonds. The van der Waals surface area contributed by atoms with Crippen LogP contribution in [-0.2, 0) is 13.0 Å². The number of hydrogen-bond donors (Lipinski definition) is 3. The summed E-state index contributed by atoms with van der Waals surface area (Å²) in [6, 6.07) is 1.38. The van der Waals surface area contributed by atoms with Gasteiger partial charge in [-0.25, -0.2) is 15.0 Å². The number of aromatic amines is 1. The average molecular weight is 337 g/mol. The van der Waals surface area contributed by atoms with Crippen LogP contribution < -0.4 is 5.32 Å². The van der Waals surface area contributed by atoms with E-state index in [0.717, 1.165) is 30.9 Å². The smallest absolute Gasteiger partial charge is 0.270 e. The van der Waals surface area contributed by atoms with Crippen molar-refractivity contribution in [3.8, 4) is 0 Å². The number of nitrogens with zero attached hydrogens (tertiary/aromatic N) is 4. The van der Waals surface area contributed by atoms with Gasteiger partial charge in [-0.3, -0.25) is 9.69 Å². The van der Waals surface area contributed by atoms with E-state index in [9.17, 15) is 9.90 Å². The molecule has 0 saturated heterocycles. The predicted molar refractivity (Wildman–Crippen MR) is 83.0 cm³/mol. The van der Waals surface area contributed by atoms with Gasteiger partial charge in [0.05, 0.1) is 23.8 Å². The minimum absolute atomic E-state index is 0.146. The number of carbonyl (C=O) groups is 1. The lowest BCUT2D eigenvalue weighted by atomic mass is 10.1. The number of fused-ring (bicyclic) bond motifs is 1. The van der Waals surface area contributed by atoms with Crippen molar-refractivity contribution in [3.05, 3.63) is 41.0 Å². The molecule has 0 aromatic carbocycles. The number of nitrogens with one attached hydrogen (secondary N) is 2. The topological polar surface area (TPSA) is 107 Å². The number of halogens is 1. The fourth-order valence-electron chi connectivity index (χ4n) is 2.55. The molecular weight excluding hydrogens is 320 g/mol. The van der Waals surface area contributed by atoms with Gasteiger partial charge in [-0.05, 0) is 0 Å². The Bertz CT molecular complexity index is 691. The Kier molecular flexibility index (Phi) is 4.85. The molecular formula is C14H17ClN6O2. The van der Waals surface area contributed by atoms with Gasteiger partial charge in [-0.2, -0.15) is 0 Å². The number of carbonyl (C=O) groups excluding carboxylic acids is 1. The van der Waals surface area contributed by atoms with Gasteiger partial charge < -0.3 is 15.4 Å². The van der Waals surface area contributed by atoms with Crippen molar-refractivity contribution < 1.29 is 9.90 Å². The number of amides is 1. The first-order valence-electron chi connectivity index (χ1n) is 7.29. The molecule has 0 unspecified atom stereocenters. The molecule has 2 aromatic heterocycles. The summed E-state index contributed by atoms with van der Waals surface area (Å²) in [6.45, 7) is 2.18. The maximum Gasteiger partial charge on any atom is 0.270 e. The number of aliphatic hydroxyl groups is 1. The molecule has 122 valence electrons. The van der Waals surface area contributed by atoms with Crippen molar-refractivity contribution in [2.75, 3.05) is 19.6 Å². The molecule has 0 bridgehead atoms. The van der Waals surface area contributed by atoms with Gasteiger partial charge in [0.2, 0.25) is 0 Å². The van der Waals surface area contributed by atoms with E-state index in [1.54, 1.807) is 6.33 Å². The summed E-state index contributed by atoms with van der Waals surface area (Å²) < 4.78 is 0. The van der Waals surface area contributed by atoms with E-state index >= 15 is 0 Å². The second kappa shape index (κ2) is 7.03. The minimum atomic E-state index is -0.666. The van der Waals surface area contributed by atoms with Gasteiger partial charge in [0.15, 0.2) is 0 Å². The van der Waals surface area contributed by atoms with Crippen molar-refractivity contribution in [3.63, 3.8) is 0 Å². The lowest BCUT2D eigenvalue weighted by molar-refractivity contribution is 0.0835. The summed E-state index contributed by atoms with van der Waals surface area (Å²) in [7, 11) is 0. The van der Waals surface area contributed by atoms with Crippen LogP contribution in [-0.4, -0.2) is 61.6 Å². The van der Waals surface area contributed by atoms with E-state index in [0.29, 0.717) is 6.54 Å². The number of H-pyrrole nitrogens is 1. The SMILES string of the molecule is O=C(NC[C@H](O)CN1CCc2nc[nH]c2C1)c1cc(Cl)ncn1. The Morgan fingerprint density at radius 3 is 3.17 bits per heavy atom. The van der Waals surface area contributed by atoms with E-state index in [1.165, 1.54) is 12.4 Å². The first kappa shape index (κ1) is 15.9. The van der Waals surface area contributed by atoms with Crippen LogP contribution in [0.25, 0.3) is 0 Å². The van der Waals surface area contributed by atoms with Crippen LogP contribution in [0.3, 0.4) is 0 Å². The van der Waals surface area contributed by atoms with Crippen LogP contribution in [0, 0.1) is 0 Å². The number of hydrogen-bond acceptors (Lipinski definition) is 6. The third-order valence-corrected chi connectivity index (χ3v) is 3.89. The first-order chi connectivity index (χ1) is 11.1. The Morgan fingerprint density at radius 2 is 2.35 bits per heavy atom. The molecule has 23 heavy (non-hydrogen) atoms. The lowest BCUT2D eigenvalue weighted by Crippen LogP contribution is -2.42. The molecule has 0 saturated carbocycles. The zero-order chi connectivity index (χ0) is 16.2. The Labute approximate surface area is 137 Å². The monoisotopic (exact) mass is 336 g/mol. The zero-order valence-electron chi connectivity index (χ0n) is 12.4. The average Bonchev–Trinajstić information content (AvgIpc) is 3.00. The van der Waals surface area contributed by atoms with Crippen molar-refractivity contribution in [1.29, 1.82) is 0 Å². The van der Waals surface area contributed by atoms with E-state index in [4.69, 9.17) is 11.6 Å².